The number of nitrogens with zero attached hydrogens (tertiary/aromatic N) is 3. The molecule has 0 bridgehead atoms. The Morgan fingerprint density at radius 3 is 2.14 bits per heavy atom. The summed E-state index contributed by atoms with van der Waals surface area (Å²) in [4.78, 5) is 20.8. The van der Waals surface area contributed by atoms with E-state index in [1.807, 2.05) is 61.5 Å². The van der Waals surface area contributed by atoms with E-state index >= 15 is 0 Å². The van der Waals surface area contributed by atoms with Gasteiger partial charge >= 0.3 is 0 Å². The number of benzene rings is 3. The molecule has 0 aliphatic rings. The molecule has 7 nitrogen and oxygen atoms in total. The predicted molar refractivity (Wildman–Crippen MR) is 146 cm³/mol. The lowest BCUT2D eigenvalue weighted by atomic mass is 10.1. The van der Waals surface area contributed by atoms with E-state index in [9.17, 15) is 10.1 Å². The smallest absolute Gasteiger partial charge is 0.255 e. The average molecular weight is 473 g/mol. The summed E-state index contributed by atoms with van der Waals surface area (Å²) in [6, 6.07) is 25.8. The molecule has 0 radical (unpaired) electrons. The highest BCUT2D eigenvalue weighted by Gasteiger charge is 2.10. The quantitative estimate of drug-likeness (QED) is 0.246. The summed E-state index contributed by atoms with van der Waals surface area (Å²) in [5.41, 5.74) is 6.63. The molecule has 0 unspecified atom stereocenters. The molecular formula is C29H24N6O. The first-order valence-electron chi connectivity index (χ1n) is 11.2. The van der Waals surface area contributed by atoms with Crippen LogP contribution in [0.25, 0.3) is 5.70 Å². The SMILES string of the molecule is C=Nc1ccc(C#N)cc1/C(=C\C)Nc1ccc(C(=O)Nc2ccc(Nc3ccncc3)cc2)cc1. The Morgan fingerprint density at radius 1 is 0.889 bits per heavy atom. The molecule has 1 amide bonds. The molecule has 0 saturated carbocycles. The van der Waals surface area contributed by atoms with Gasteiger partial charge in [0.2, 0.25) is 0 Å². The van der Waals surface area contributed by atoms with E-state index in [0.29, 0.717) is 22.5 Å². The van der Waals surface area contributed by atoms with Gasteiger partial charge in [-0.25, -0.2) is 0 Å². The first kappa shape index (κ1) is 23.9. The van der Waals surface area contributed by atoms with Crippen molar-refractivity contribution in [3.05, 3.63) is 114 Å². The van der Waals surface area contributed by atoms with E-state index in [0.717, 1.165) is 28.3 Å². The molecule has 0 fully saturated rings. The Kier molecular flexibility index (Phi) is 7.49. The second-order valence-electron chi connectivity index (χ2n) is 7.80. The topological polar surface area (TPSA) is 102 Å². The van der Waals surface area contributed by atoms with Crippen molar-refractivity contribution in [2.45, 2.75) is 6.92 Å². The van der Waals surface area contributed by atoms with Crippen LogP contribution >= 0.6 is 0 Å². The van der Waals surface area contributed by atoms with E-state index in [1.54, 1.807) is 42.7 Å². The number of amides is 1. The third-order valence-corrected chi connectivity index (χ3v) is 5.41. The lowest BCUT2D eigenvalue weighted by molar-refractivity contribution is 0.102. The van der Waals surface area contributed by atoms with Gasteiger partial charge < -0.3 is 16.0 Å². The Labute approximate surface area is 209 Å². The molecule has 4 aromatic rings. The highest BCUT2D eigenvalue weighted by atomic mass is 16.1. The maximum atomic E-state index is 12.7. The predicted octanol–water partition coefficient (Wildman–Crippen LogP) is 6.75. The molecule has 1 heterocycles. The number of rotatable bonds is 8. The molecule has 3 aromatic carbocycles. The van der Waals surface area contributed by atoms with Gasteiger partial charge in [-0.2, -0.15) is 5.26 Å². The van der Waals surface area contributed by atoms with Crippen molar-refractivity contribution in [3.63, 3.8) is 0 Å². The lowest BCUT2D eigenvalue weighted by Gasteiger charge is -2.14. The fraction of sp³-hybridized carbons (Fsp3) is 0.0345. The van der Waals surface area contributed by atoms with Gasteiger partial charge in [0.1, 0.15) is 0 Å². The molecule has 0 saturated heterocycles. The van der Waals surface area contributed by atoms with Crippen LogP contribution in [0.4, 0.5) is 28.4 Å². The Bertz CT molecular complexity index is 1440. The average Bonchev–Trinajstić information content (AvgIpc) is 2.93. The molecule has 1 aromatic heterocycles. The first-order valence-corrected chi connectivity index (χ1v) is 11.2. The van der Waals surface area contributed by atoms with E-state index < -0.39 is 0 Å². The van der Waals surface area contributed by atoms with Crippen molar-refractivity contribution in [1.29, 1.82) is 5.26 Å². The van der Waals surface area contributed by atoms with Crippen molar-refractivity contribution in [1.82, 2.24) is 4.98 Å². The van der Waals surface area contributed by atoms with Gasteiger partial charge in [-0.1, -0.05) is 6.08 Å². The summed E-state index contributed by atoms with van der Waals surface area (Å²) in [5, 5.41) is 18.8. The third kappa shape index (κ3) is 5.82. The van der Waals surface area contributed by atoms with Gasteiger partial charge in [0, 0.05) is 52.0 Å². The minimum Gasteiger partial charge on any atom is -0.355 e. The molecule has 7 heteroatoms. The van der Waals surface area contributed by atoms with Gasteiger partial charge in [-0.3, -0.25) is 14.8 Å². The molecule has 36 heavy (non-hydrogen) atoms. The Balaban J connectivity index is 1.41. The molecule has 176 valence electrons. The van der Waals surface area contributed by atoms with E-state index in [4.69, 9.17) is 0 Å². The molecule has 3 N–H and O–H groups in total. The van der Waals surface area contributed by atoms with Gasteiger partial charge in [-0.05, 0) is 92.5 Å². The van der Waals surface area contributed by atoms with Gasteiger partial charge in [-0.15, -0.1) is 0 Å². The van der Waals surface area contributed by atoms with Gasteiger partial charge in [0.15, 0.2) is 0 Å². The minimum atomic E-state index is -0.206. The number of hydrogen-bond donors (Lipinski definition) is 3. The summed E-state index contributed by atoms with van der Waals surface area (Å²) in [5.74, 6) is -0.206. The summed E-state index contributed by atoms with van der Waals surface area (Å²) >= 11 is 0. The standard InChI is InChI=1S/C29H24N6O/c1-3-27(26-18-20(19-30)4-13-28(26)31-2)34-23-7-5-21(6-8-23)29(36)35-24-11-9-22(10-12-24)33-25-14-16-32-17-15-25/h3-18,34H,2H2,1H3,(H,32,33)(H,35,36)/b27-3+. The number of allylic oxidation sites excluding steroid dienone is 1. The third-order valence-electron chi connectivity index (χ3n) is 5.41. The normalized spacial score (nSPS) is 10.7. The number of aliphatic imine (C=N–C) groups is 1. The monoisotopic (exact) mass is 472 g/mol. The van der Waals surface area contributed by atoms with E-state index in [2.05, 4.69) is 38.7 Å². The molecule has 4 rings (SSSR count). The van der Waals surface area contributed by atoms with Crippen molar-refractivity contribution in [2.24, 2.45) is 4.99 Å². The zero-order chi connectivity index (χ0) is 25.3. The van der Waals surface area contributed by atoms with Crippen LogP contribution in [0, 0.1) is 11.3 Å². The van der Waals surface area contributed by atoms with Crippen LogP contribution in [0.15, 0.2) is 102 Å². The number of carbonyl (C=O) groups excluding carboxylic acids is 1. The summed E-state index contributed by atoms with van der Waals surface area (Å²) in [7, 11) is 0. The fourth-order valence-corrected chi connectivity index (χ4v) is 3.56. The highest BCUT2D eigenvalue weighted by molar-refractivity contribution is 6.04. The van der Waals surface area contributed by atoms with Crippen LogP contribution in [-0.4, -0.2) is 17.6 Å². The molecule has 0 spiro atoms. The summed E-state index contributed by atoms with van der Waals surface area (Å²) in [6.07, 6.45) is 5.34. The second-order valence-corrected chi connectivity index (χ2v) is 7.80. The van der Waals surface area contributed by atoms with Gasteiger partial charge in [0.25, 0.3) is 5.91 Å². The van der Waals surface area contributed by atoms with Gasteiger partial charge in [0.05, 0.1) is 17.3 Å². The van der Waals surface area contributed by atoms with E-state index in [1.165, 1.54) is 0 Å². The van der Waals surface area contributed by atoms with E-state index in [-0.39, 0.29) is 5.91 Å². The first-order chi connectivity index (χ1) is 17.6. The van der Waals surface area contributed by atoms with Crippen LogP contribution < -0.4 is 16.0 Å². The maximum absolute atomic E-state index is 12.7. The van der Waals surface area contributed by atoms with Crippen molar-refractivity contribution in [3.8, 4) is 6.07 Å². The molecule has 0 atom stereocenters. The lowest BCUT2D eigenvalue weighted by Crippen LogP contribution is -2.11. The largest absolute Gasteiger partial charge is 0.355 e. The van der Waals surface area contributed by atoms with Crippen molar-refractivity contribution >= 4 is 46.8 Å². The molecule has 0 aliphatic carbocycles. The number of anilines is 4. The number of carbonyl (C=O) groups is 1. The number of pyridine rings is 1. The van der Waals surface area contributed by atoms with Crippen molar-refractivity contribution < 1.29 is 4.79 Å². The number of nitrogens with one attached hydrogen (secondary N) is 3. The zero-order valence-corrected chi connectivity index (χ0v) is 19.7. The molecule has 0 aliphatic heterocycles. The summed E-state index contributed by atoms with van der Waals surface area (Å²) in [6.45, 7) is 5.52. The molecular weight excluding hydrogens is 448 g/mol. The Morgan fingerprint density at radius 2 is 1.50 bits per heavy atom. The number of aromatic nitrogens is 1. The van der Waals surface area contributed by atoms with Crippen LogP contribution in [0.3, 0.4) is 0 Å². The summed E-state index contributed by atoms with van der Waals surface area (Å²) < 4.78 is 0. The van der Waals surface area contributed by atoms with Crippen LogP contribution in [0.5, 0.6) is 0 Å². The number of nitriles is 1. The minimum absolute atomic E-state index is 0.206. The van der Waals surface area contributed by atoms with Crippen LogP contribution in [0.2, 0.25) is 0 Å². The van der Waals surface area contributed by atoms with Crippen molar-refractivity contribution in [2.75, 3.05) is 16.0 Å². The second kappa shape index (κ2) is 11.3. The Hall–Kier alpha value is -5.22. The van der Waals surface area contributed by atoms with Crippen LogP contribution in [0.1, 0.15) is 28.4 Å². The highest BCUT2D eigenvalue weighted by Crippen LogP contribution is 2.29. The maximum Gasteiger partial charge on any atom is 0.255 e. The number of hydrogen-bond acceptors (Lipinski definition) is 6. The fourth-order valence-electron chi connectivity index (χ4n) is 3.56. The zero-order valence-electron chi connectivity index (χ0n) is 19.7. The van der Waals surface area contributed by atoms with Crippen LogP contribution in [-0.2, 0) is 0 Å².